The number of pyridine rings is 2. The van der Waals surface area contributed by atoms with E-state index < -0.39 is 0 Å². The van der Waals surface area contributed by atoms with Crippen LogP contribution in [-0.2, 0) is 6.42 Å². The fourth-order valence-electron chi connectivity index (χ4n) is 2.93. The van der Waals surface area contributed by atoms with Crippen molar-refractivity contribution < 1.29 is 69.3 Å². The molecule has 4 nitrogen and oxygen atoms in total. The van der Waals surface area contributed by atoms with Crippen molar-refractivity contribution in [3.05, 3.63) is 72.1 Å². The molecular formula is C19H12N2Na2O2. The van der Waals surface area contributed by atoms with Gasteiger partial charge >= 0.3 is 59.1 Å². The van der Waals surface area contributed by atoms with Crippen LogP contribution in [0.5, 0.6) is 11.5 Å². The second-order valence-electron chi connectivity index (χ2n) is 5.42. The maximum Gasteiger partial charge on any atom is 1.00 e. The normalized spacial score (nSPS) is 10.2. The maximum absolute atomic E-state index is 11.9. The van der Waals surface area contributed by atoms with Crippen molar-refractivity contribution in [2.45, 2.75) is 6.42 Å². The molecule has 4 aromatic rings. The molecule has 2 aromatic heterocycles. The first-order valence-electron chi connectivity index (χ1n) is 7.31. The van der Waals surface area contributed by atoms with Crippen LogP contribution in [-0.4, -0.2) is 9.97 Å². The summed E-state index contributed by atoms with van der Waals surface area (Å²) >= 11 is 0. The van der Waals surface area contributed by atoms with Gasteiger partial charge in [0.25, 0.3) is 0 Å². The standard InChI is InChI=1S/C19H14N2O2.2Na/c22-16-7-5-12(14-3-1-9-20-18(14)16)11-13-6-8-17(23)19-15(13)4-2-10-21-19;;/h1-10,22-23H,11H2;;/q;2*+1/p-2. The van der Waals surface area contributed by atoms with E-state index in [9.17, 15) is 10.2 Å². The summed E-state index contributed by atoms with van der Waals surface area (Å²) in [6.45, 7) is 0. The summed E-state index contributed by atoms with van der Waals surface area (Å²) in [7, 11) is 0. The summed E-state index contributed by atoms with van der Waals surface area (Å²) in [5.41, 5.74) is 2.98. The average molecular weight is 346 g/mol. The van der Waals surface area contributed by atoms with Gasteiger partial charge in [0, 0.05) is 23.2 Å². The summed E-state index contributed by atoms with van der Waals surface area (Å²) < 4.78 is 0. The summed E-state index contributed by atoms with van der Waals surface area (Å²) in [6, 6.07) is 14.2. The number of fused-ring (bicyclic) bond motifs is 2. The molecule has 112 valence electrons. The molecule has 0 bridgehead atoms. The predicted octanol–water partition coefficient (Wildman–Crippen LogP) is -3.47. The van der Waals surface area contributed by atoms with Crippen LogP contribution in [0.4, 0.5) is 0 Å². The summed E-state index contributed by atoms with van der Waals surface area (Å²) in [5.74, 6) is -0.156. The molecule has 0 saturated heterocycles. The average Bonchev–Trinajstić information content (AvgIpc) is 2.60. The molecule has 0 unspecified atom stereocenters. The van der Waals surface area contributed by atoms with E-state index in [0.29, 0.717) is 17.5 Å². The van der Waals surface area contributed by atoms with Crippen molar-refractivity contribution in [1.82, 2.24) is 9.97 Å². The van der Waals surface area contributed by atoms with Crippen molar-refractivity contribution in [3.8, 4) is 11.5 Å². The van der Waals surface area contributed by atoms with Gasteiger partial charge in [0.1, 0.15) is 0 Å². The Morgan fingerprint density at radius 2 is 1.08 bits per heavy atom. The maximum atomic E-state index is 11.9. The Morgan fingerprint density at radius 1 is 0.640 bits per heavy atom. The molecule has 25 heavy (non-hydrogen) atoms. The molecule has 0 radical (unpaired) electrons. The topological polar surface area (TPSA) is 71.9 Å². The number of aromatic nitrogens is 2. The van der Waals surface area contributed by atoms with E-state index in [2.05, 4.69) is 9.97 Å². The molecule has 4 rings (SSSR count). The summed E-state index contributed by atoms with van der Waals surface area (Å²) in [5, 5.41) is 25.6. The molecule has 2 aromatic carbocycles. The van der Waals surface area contributed by atoms with E-state index in [0.717, 1.165) is 21.9 Å². The van der Waals surface area contributed by atoms with E-state index in [1.54, 1.807) is 24.5 Å². The first-order chi connectivity index (χ1) is 11.2. The van der Waals surface area contributed by atoms with Crippen LogP contribution < -0.4 is 69.3 Å². The fourth-order valence-corrected chi connectivity index (χ4v) is 2.93. The Balaban J connectivity index is 0.00000113. The van der Waals surface area contributed by atoms with E-state index in [4.69, 9.17) is 0 Å². The zero-order valence-electron chi connectivity index (χ0n) is 14.2. The predicted molar refractivity (Wildman–Crippen MR) is 85.2 cm³/mol. The zero-order chi connectivity index (χ0) is 15.8. The molecule has 0 spiro atoms. The molecule has 0 aliphatic heterocycles. The van der Waals surface area contributed by atoms with Crippen molar-refractivity contribution in [2.75, 3.05) is 0 Å². The van der Waals surface area contributed by atoms with Gasteiger partial charge in [0.2, 0.25) is 0 Å². The molecule has 6 heteroatoms. The monoisotopic (exact) mass is 346 g/mol. The van der Waals surface area contributed by atoms with E-state index in [-0.39, 0.29) is 70.6 Å². The van der Waals surface area contributed by atoms with Crippen molar-refractivity contribution in [1.29, 1.82) is 0 Å². The van der Waals surface area contributed by atoms with Crippen molar-refractivity contribution in [2.24, 2.45) is 0 Å². The minimum atomic E-state index is -0.0780. The van der Waals surface area contributed by atoms with E-state index in [1.165, 1.54) is 0 Å². The summed E-state index contributed by atoms with van der Waals surface area (Å²) in [6.07, 6.45) is 3.86. The SMILES string of the molecule is [Na+].[Na+].[O-]c1ccc(Cc2ccc([O-])c3ncccc23)c2cccnc12. The largest absolute Gasteiger partial charge is 1.00 e. The Hall–Kier alpha value is -1.14. The second kappa shape index (κ2) is 8.49. The Morgan fingerprint density at radius 3 is 1.52 bits per heavy atom. The first-order valence-corrected chi connectivity index (χ1v) is 7.31. The van der Waals surface area contributed by atoms with Crippen LogP contribution in [0, 0.1) is 0 Å². The third kappa shape index (κ3) is 3.85. The van der Waals surface area contributed by atoms with Gasteiger partial charge in [-0.05, 0) is 29.7 Å². The van der Waals surface area contributed by atoms with Crippen molar-refractivity contribution in [3.63, 3.8) is 0 Å². The number of benzene rings is 2. The molecule has 0 amide bonds. The quantitative estimate of drug-likeness (QED) is 0.354. The van der Waals surface area contributed by atoms with Crippen LogP contribution in [0.15, 0.2) is 60.9 Å². The van der Waals surface area contributed by atoms with Crippen molar-refractivity contribution >= 4 is 21.8 Å². The third-order valence-corrected chi connectivity index (χ3v) is 4.03. The first kappa shape index (κ1) is 20.2. The smallest absolute Gasteiger partial charge is 0.871 e. The minimum Gasteiger partial charge on any atom is -0.871 e. The molecule has 0 N–H and O–H groups in total. The minimum absolute atomic E-state index is 0. The van der Waals surface area contributed by atoms with Gasteiger partial charge in [-0.25, -0.2) is 0 Å². The van der Waals surface area contributed by atoms with E-state index in [1.807, 2.05) is 36.4 Å². The van der Waals surface area contributed by atoms with Gasteiger partial charge in [-0.2, -0.15) is 0 Å². The van der Waals surface area contributed by atoms with Gasteiger partial charge in [0.05, 0.1) is 11.0 Å². The molecule has 0 fully saturated rings. The Bertz CT molecular complexity index is 955. The van der Waals surface area contributed by atoms with Gasteiger partial charge in [0.15, 0.2) is 0 Å². The van der Waals surface area contributed by atoms with E-state index >= 15 is 0 Å². The van der Waals surface area contributed by atoms with Crippen LogP contribution in [0.3, 0.4) is 0 Å². The molecule has 0 saturated carbocycles. The second-order valence-corrected chi connectivity index (χ2v) is 5.42. The van der Waals surface area contributed by atoms with Gasteiger partial charge < -0.3 is 10.2 Å². The number of hydrogen-bond acceptors (Lipinski definition) is 4. The molecular weight excluding hydrogens is 334 g/mol. The Labute approximate surface area is 189 Å². The molecule has 0 atom stereocenters. The molecule has 0 aliphatic rings. The number of rotatable bonds is 2. The number of hydrogen-bond donors (Lipinski definition) is 0. The molecule has 2 heterocycles. The molecule has 0 aliphatic carbocycles. The Kier molecular flexibility index (Phi) is 6.86. The summed E-state index contributed by atoms with van der Waals surface area (Å²) in [4.78, 5) is 8.37. The van der Waals surface area contributed by atoms with Gasteiger partial charge in [-0.1, -0.05) is 47.9 Å². The van der Waals surface area contributed by atoms with Crippen LogP contribution in [0.1, 0.15) is 11.1 Å². The van der Waals surface area contributed by atoms with Crippen LogP contribution in [0.2, 0.25) is 0 Å². The van der Waals surface area contributed by atoms with Gasteiger partial charge in [-0.3, -0.25) is 9.97 Å². The van der Waals surface area contributed by atoms with Crippen LogP contribution in [0.25, 0.3) is 21.8 Å². The van der Waals surface area contributed by atoms with Crippen LogP contribution >= 0.6 is 0 Å². The zero-order valence-corrected chi connectivity index (χ0v) is 18.2. The fraction of sp³-hybridized carbons (Fsp3) is 0.0526. The number of nitrogens with zero attached hydrogens (tertiary/aromatic N) is 2. The van der Waals surface area contributed by atoms with Gasteiger partial charge in [-0.15, -0.1) is 0 Å². The third-order valence-electron chi connectivity index (χ3n) is 4.03.